The first-order valence-electron chi connectivity index (χ1n) is 22.3. The number of pyridine rings is 2. The summed E-state index contributed by atoms with van der Waals surface area (Å²) in [5.74, 6) is -0.319. The van der Waals surface area contributed by atoms with E-state index < -0.39 is 18.0 Å². The molecular weight excluding hydrogens is 865 g/mol. The molecule has 17 heteroatoms. The van der Waals surface area contributed by atoms with Crippen molar-refractivity contribution in [3.63, 3.8) is 0 Å². The molecule has 4 fully saturated rings. The van der Waals surface area contributed by atoms with Gasteiger partial charge in [-0.25, -0.2) is 18.7 Å². The Hall–Kier alpha value is -4.48. The summed E-state index contributed by atoms with van der Waals surface area (Å²) < 4.78 is 48.5. The molecule has 0 saturated carbocycles. The summed E-state index contributed by atoms with van der Waals surface area (Å²) in [6.45, 7) is 7.43. The lowest BCUT2D eigenvalue weighted by atomic mass is 9.74. The first-order chi connectivity index (χ1) is 31.1. The van der Waals surface area contributed by atoms with Crippen molar-refractivity contribution < 1.29 is 32.6 Å². The summed E-state index contributed by atoms with van der Waals surface area (Å²) in [5.41, 5.74) is 3.02. The fourth-order valence-corrected chi connectivity index (χ4v) is 9.43. The molecule has 5 atom stereocenters. The van der Waals surface area contributed by atoms with E-state index in [1.165, 1.54) is 24.5 Å². The zero-order chi connectivity index (χ0) is 44.6. The zero-order valence-electron chi connectivity index (χ0n) is 35.9. The number of anilines is 4. The van der Waals surface area contributed by atoms with Crippen molar-refractivity contribution >= 4 is 58.0 Å². The molecule has 4 saturated heterocycles. The van der Waals surface area contributed by atoms with E-state index in [9.17, 15) is 14.0 Å². The van der Waals surface area contributed by atoms with Crippen LogP contribution in [-0.2, 0) is 23.8 Å². The Morgan fingerprint density at radius 2 is 1.45 bits per heavy atom. The number of halogens is 4. The van der Waals surface area contributed by atoms with Crippen molar-refractivity contribution in [3.8, 4) is 22.3 Å². The molecule has 2 amide bonds. The zero-order valence-corrected chi connectivity index (χ0v) is 37.4. The summed E-state index contributed by atoms with van der Waals surface area (Å²) in [4.78, 5) is 35.3. The van der Waals surface area contributed by atoms with E-state index in [0.717, 1.165) is 45.1 Å². The van der Waals surface area contributed by atoms with Crippen molar-refractivity contribution in [1.29, 1.82) is 0 Å². The molecular formula is C47H56Cl2F2N8O5. The predicted octanol–water partition coefficient (Wildman–Crippen LogP) is 8.16. The van der Waals surface area contributed by atoms with Crippen LogP contribution in [0.3, 0.4) is 0 Å². The maximum atomic E-state index is 15.4. The van der Waals surface area contributed by atoms with E-state index in [1.807, 2.05) is 0 Å². The van der Waals surface area contributed by atoms with Crippen molar-refractivity contribution in [2.75, 3.05) is 80.4 Å². The molecule has 64 heavy (non-hydrogen) atoms. The van der Waals surface area contributed by atoms with Crippen LogP contribution in [0.15, 0.2) is 60.9 Å². The predicted molar refractivity (Wildman–Crippen MR) is 246 cm³/mol. The number of aromatic nitrogens is 2. The maximum Gasteiger partial charge on any atom is 0.256 e. The Balaban J connectivity index is 0.885. The SMILES string of the molecule is CCC1(CNc2cc(-c3cc(NC(=O)C4CCCNC4)ncc3Cl)ccc2F)CCOC(C2CNCC(C(=O)Nc3cc(-c4ccc(F)c(NCC5CCOCC5)c4)c(Cl)cn3)O2)C1. The molecule has 2 aromatic heterocycles. The van der Waals surface area contributed by atoms with Gasteiger partial charge >= 0.3 is 0 Å². The quantitative estimate of drug-likeness (QED) is 0.0725. The van der Waals surface area contributed by atoms with E-state index in [2.05, 4.69) is 48.8 Å². The number of benzene rings is 2. The molecule has 4 aliphatic rings. The largest absolute Gasteiger partial charge is 0.382 e. The van der Waals surface area contributed by atoms with Crippen LogP contribution in [0.5, 0.6) is 0 Å². The summed E-state index contributed by atoms with van der Waals surface area (Å²) in [7, 11) is 0. The van der Waals surface area contributed by atoms with Gasteiger partial charge in [0.1, 0.15) is 29.4 Å². The summed E-state index contributed by atoms with van der Waals surface area (Å²) in [6.07, 6.45) is 7.15. The second-order valence-corrected chi connectivity index (χ2v) is 18.2. The number of carbonyl (C=O) groups excluding carboxylic acids is 2. The van der Waals surface area contributed by atoms with Crippen molar-refractivity contribution in [2.24, 2.45) is 17.3 Å². The van der Waals surface area contributed by atoms with Gasteiger partial charge < -0.3 is 46.1 Å². The molecule has 4 aliphatic heterocycles. The number of rotatable bonds is 14. The lowest BCUT2D eigenvalue weighted by Gasteiger charge is -2.44. The fraction of sp³-hybridized carbons (Fsp3) is 0.489. The standard InChI is InChI=1S/C47H56Cl2F2N8O5/c1-2-47(27-57-39-17-30(6-8-37(39)51)32-18-43(55-23-34(32)48)58-45(60)31-4-3-12-52-22-31)11-15-63-40(20-47)41-25-53-26-42(64-41)46(61)59-44-19-33(35(49)24-56-44)29-5-7-36(50)38(16-29)54-21-28-9-13-62-14-10-28/h5-8,16-19,23-24,28,31,40-42,52-54,57H,2-4,9-15,20-22,25-27H2,1H3,(H,55,58,60)(H,56,59,61). The second kappa shape index (κ2) is 21.2. The average molecular weight is 922 g/mol. The molecule has 0 spiro atoms. The van der Waals surface area contributed by atoms with Crippen LogP contribution in [0.4, 0.5) is 31.8 Å². The van der Waals surface area contributed by atoms with E-state index in [0.29, 0.717) is 114 Å². The van der Waals surface area contributed by atoms with Gasteiger partial charge in [0, 0.05) is 76.1 Å². The lowest BCUT2D eigenvalue weighted by Crippen LogP contribution is -2.56. The number of morpholine rings is 1. The Bertz CT molecular complexity index is 2280. The van der Waals surface area contributed by atoms with E-state index in [4.69, 9.17) is 37.4 Å². The van der Waals surface area contributed by atoms with Crippen LogP contribution in [-0.4, -0.2) is 99.2 Å². The molecule has 4 aromatic rings. The van der Waals surface area contributed by atoms with Gasteiger partial charge in [-0.05, 0) is 110 Å². The van der Waals surface area contributed by atoms with E-state index in [1.54, 1.807) is 36.4 Å². The molecule has 0 radical (unpaired) electrons. The highest BCUT2D eigenvalue weighted by molar-refractivity contribution is 6.33. The monoisotopic (exact) mass is 920 g/mol. The van der Waals surface area contributed by atoms with Crippen LogP contribution in [0.25, 0.3) is 22.3 Å². The first-order valence-corrected chi connectivity index (χ1v) is 23.1. The van der Waals surface area contributed by atoms with Gasteiger partial charge in [-0.3, -0.25) is 9.59 Å². The Labute approximate surface area is 382 Å². The van der Waals surface area contributed by atoms with Gasteiger partial charge in [-0.15, -0.1) is 0 Å². The Kier molecular flexibility index (Phi) is 15.3. The number of hydrogen-bond acceptors (Lipinski definition) is 11. The van der Waals surface area contributed by atoms with Crippen LogP contribution in [0, 0.1) is 28.9 Å². The van der Waals surface area contributed by atoms with Gasteiger partial charge in [-0.2, -0.15) is 0 Å². The topological polar surface area (TPSA) is 160 Å². The molecule has 13 nitrogen and oxygen atoms in total. The van der Waals surface area contributed by atoms with Gasteiger partial charge in [-0.1, -0.05) is 42.3 Å². The number of nitrogens with one attached hydrogen (secondary N) is 6. The molecule has 0 bridgehead atoms. The third kappa shape index (κ3) is 11.3. The van der Waals surface area contributed by atoms with Gasteiger partial charge in [0.05, 0.1) is 39.5 Å². The number of nitrogens with zero attached hydrogens (tertiary/aromatic N) is 2. The molecule has 5 unspecified atom stereocenters. The molecule has 8 rings (SSSR count). The highest BCUT2D eigenvalue weighted by Crippen LogP contribution is 2.40. The minimum absolute atomic E-state index is 0.0979. The number of hydrogen-bond donors (Lipinski definition) is 6. The number of piperidine rings is 1. The molecule has 342 valence electrons. The first kappa shape index (κ1) is 46.1. The normalized spacial score (nSPS) is 24.1. The molecule has 2 aromatic carbocycles. The lowest BCUT2D eigenvalue weighted by molar-refractivity contribution is -0.160. The number of amides is 2. The highest BCUT2D eigenvalue weighted by atomic mass is 35.5. The average Bonchev–Trinajstić information content (AvgIpc) is 3.33. The summed E-state index contributed by atoms with van der Waals surface area (Å²) in [6, 6.07) is 13.0. The number of carbonyl (C=O) groups is 2. The summed E-state index contributed by atoms with van der Waals surface area (Å²) >= 11 is 13.2. The number of ether oxygens (including phenoxy) is 3. The van der Waals surface area contributed by atoms with E-state index >= 15 is 4.39 Å². The summed E-state index contributed by atoms with van der Waals surface area (Å²) in [5, 5.41) is 19.8. The van der Waals surface area contributed by atoms with Gasteiger partial charge in [0.2, 0.25) is 5.91 Å². The van der Waals surface area contributed by atoms with Crippen LogP contribution in [0.1, 0.15) is 51.9 Å². The van der Waals surface area contributed by atoms with Crippen molar-refractivity contribution in [3.05, 3.63) is 82.6 Å². The van der Waals surface area contributed by atoms with Crippen molar-refractivity contribution in [2.45, 2.75) is 70.2 Å². The second-order valence-electron chi connectivity index (χ2n) is 17.3. The minimum Gasteiger partial charge on any atom is -0.382 e. The third-order valence-electron chi connectivity index (χ3n) is 13.1. The highest BCUT2D eigenvalue weighted by Gasteiger charge is 2.42. The van der Waals surface area contributed by atoms with Crippen LogP contribution in [0.2, 0.25) is 10.0 Å². The fourth-order valence-electron chi connectivity index (χ4n) is 9.01. The van der Waals surface area contributed by atoms with Crippen molar-refractivity contribution in [1.82, 2.24) is 20.6 Å². The van der Waals surface area contributed by atoms with E-state index in [-0.39, 0.29) is 40.9 Å². The smallest absolute Gasteiger partial charge is 0.256 e. The Morgan fingerprint density at radius 1 is 0.797 bits per heavy atom. The van der Waals surface area contributed by atoms with Gasteiger partial charge in [0.15, 0.2) is 0 Å². The van der Waals surface area contributed by atoms with Gasteiger partial charge in [0.25, 0.3) is 5.91 Å². The minimum atomic E-state index is -0.832. The molecule has 6 heterocycles. The van der Waals surface area contributed by atoms with Crippen LogP contribution >= 0.6 is 23.2 Å². The van der Waals surface area contributed by atoms with Crippen LogP contribution < -0.4 is 31.9 Å². The Morgan fingerprint density at radius 3 is 2.09 bits per heavy atom. The maximum absolute atomic E-state index is 15.4. The molecule has 0 aliphatic carbocycles. The molecule has 6 N–H and O–H groups in total. The third-order valence-corrected chi connectivity index (χ3v) is 13.7.